The first-order valence-corrected chi connectivity index (χ1v) is 32.8. The molecule has 0 saturated carbocycles. The maximum Gasteiger partial charge on any atom is 0.293 e. The van der Waals surface area contributed by atoms with Crippen molar-refractivity contribution in [3.63, 3.8) is 0 Å². The smallest absolute Gasteiger partial charge is 0.293 e. The van der Waals surface area contributed by atoms with Crippen molar-refractivity contribution in [2.45, 2.75) is 192 Å². The molecule has 0 aliphatic heterocycles. The van der Waals surface area contributed by atoms with Crippen LogP contribution in [0.4, 0.5) is 0 Å². The lowest BCUT2D eigenvalue weighted by molar-refractivity contribution is -0.382. The van der Waals surface area contributed by atoms with Crippen molar-refractivity contribution in [3.05, 3.63) is 180 Å². The van der Waals surface area contributed by atoms with Gasteiger partial charge in [0.25, 0.3) is 25.4 Å². The van der Waals surface area contributed by atoms with E-state index in [0.29, 0.717) is 64.9 Å². The first-order valence-electron chi connectivity index (χ1n) is 32.8. The third kappa shape index (κ3) is 19.4. The second-order valence-electron chi connectivity index (χ2n) is 24.0. The summed E-state index contributed by atoms with van der Waals surface area (Å²) in [4.78, 5) is 34.8. The van der Waals surface area contributed by atoms with Crippen LogP contribution >= 0.6 is 0 Å². The number of benzene rings is 9. The molecule has 0 saturated heterocycles. The van der Waals surface area contributed by atoms with Gasteiger partial charge in [0, 0.05) is 25.7 Å². The monoisotopic (exact) mass is 1170 g/mol. The average Bonchev–Trinajstić information content (AvgIpc) is 3.72. The molecule has 0 N–H and O–H groups in total. The molecule has 458 valence electrons. The van der Waals surface area contributed by atoms with Crippen molar-refractivity contribution >= 4 is 84.1 Å². The fraction of sp³-hybridized carbons (Fsp3) is 0.423. The molecule has 0 radical (unpaired) electrons. The van der Waals surface area contributed by atoms with Gasteiger partial charge in [-0.05, 0) is 176 Å². The van der Waals surface area contributed by atoms with Crippen LogP contribution in [0, 0.1) is 0 Å². The number of hydrogen-bond acceptors (Lipinski definition) is 9. The van der Waals surface area contributed by atoms with Crippen LogP contribution < -0.4 is 0 Å². The van der Waals surface area contributed by atoms with Gasteiger partial charge in [0.05, 0.1) is 19.8 Å². The van der Waals surface area contributed by atoms with Crippen molar-refractivity contribution in [1.29, 1.82) is 0 Å². The summed E-state index contributed by atoms with van der Waals surface area (Å²) in [6, 6.07) is 58.2. The first kappa shape index (κ1) is 64.3. The van der Waals surface area contributed by atoms with Crippen LogP contribution in [0.3, 0.4) is 0 Å². The number of fused-ring (bicyclic) bond motifs is 6. The molecule has 3 atom stereocenters. The lowest BCUT2D eigenvalue weighted by Crippen LogP contribution is -2.39. The maximum atomic E-state index is 11.6. The molecule has 9 aromatic carbocycles. The zero-order chi connectivity index (χ0) is 60.1. The highest BCUT2D eigenvalue weighted by Gasteiger charge is 2.31. The van der Waals surface area contributed by atoms with Gasteiger partial charge in [0.1, 0.15) is 18.3 Å². The quantitative estimate of drug-likeness (QED) is 0.0121. The summed E-state index contributed by atoms with van der Waals surface area (Å²) in [7, 11) is 0. The van der Waals surface area contributed by atoms with Gasteiger partial charge >= 0.3 is 0 Å². The predicted molar refractivity (Wildman–Crippen MR) is 356 cm³/mol. The summed E-state index contributed by atoms with van der Waals surface area (Å²) < 4.78 is 36.7. The fourth-order valence-electron chi connectivity index (χ4n) is 12.9. The van der Waals surface area contributed by atoms with Crippen molar-refractivity contribution < 1.29 is 42.8 Å². The standard InChI is InChI=1S/C78H92O9/c1-2-78(85-45-24-12-6-3-9-15-42-72(82-57-79)51-69-39-27-36-66-48-60-30-18-21-33-63(60)54-75(66)69,86-46-25-13-7-4-10-16-43-73(83-58-80)52-70-40-28-37-67-49-61-31-19-22-34-64(61)55-76(67)70)87-47-26-14-8-5-11-17-44-74(84-59-81)53-71-41-29-38-68-50-62-32-20-23-35-65(62)56-77(68)71/h18-23,27-41,48-50,54-59,72-74H,2-17,24-26,42-47,51-53H2,1H3. The zero-order valence-corrected chi connectivity index (χ0v) is 51.5. The van der Waals surface area contributed by atoms with E-state index < -0.39 is 5.97 Å². The maximum absolute atomic E-state index is 11.6. The highest BCUT2D eigenvalue weighted by Crippen LogP contribution is 2.32. The molecular weight excluding hydrogens is 1080 g/mol. The molecule has 0 bridgehead atoms. The third-order valence-corrected chi connectivity index (χ3v) is 17.8. The van der Waals surface area contributed by atoms with E-state index in [1.807, 2.05) is 0 Å². The van der Waals surface area contributed by atoms with Crippen LogP contribution in [-0.2, 0) is 62.1 Å². The normalized spacial score (nSPS) is 13.5. The molecule has 0 spiro atoms. The molecule has 3 unspecified atom stereocenters. The van der Waals surface area contributed by atoms with E-state index in [0.717, 1.165) is 135 Å². The predicted octanol–water partition coefficient (Wildman–Crippen LogP) is 19.6. The van der Waals surface area contributed by atoms with Gasteiger partial charge in [-0.25, -0.2) is 0 Å². The van der Waals surface area contributed by atoms with E-state index in [1.54, 1.807) is 0 Å². The summed E-state index contributed by atoms with van der Waals surface area (Å²) in [6.45, 7) is 5.64. The molecular formula is C78H92O9. The van der Waals surface area contributed by atoms with Gasteiger partial charge in [-0.3, -0.25) is 14.4 Å². The average molecular weight is 1170 g/mol. The Kier molecular flexibility index (Phi) is 25.9. The molecule has 0 fully saturated rings. The van der Waals surface area contributed by atoms with Crippen LogP contribution in [0.2, 0.25) is 0 Å². The largest absolute Gasteiger partial charge is 0.464 e. The molecule has 0 amide bonds. The lowest BCUT2D eigenvalue weighted by atomic mass is 9.95. The van der Waals surface area contributed by atoms with Crippen LogP contribution in [0.1, 0.15) is 165 Å². The minimum absolute atomic E-state index is 0.151. The lowest BCUT2D eigenvalue weighted by Gasteiger charge is -2.32. The number of carbonyl (C=O) groups excluding carboxylic acids is 3. The Balaban J connectivity index is 0.686. The molecule has 9 heteroatoms. The molecule has 9 nitrogen and oxygen atoms in total. The number of hydrogen-bond donors (Lipinski definition) is 0. The van der Waals surface area contributed by atoms with E-state index in [1.165, 1.54) is 81.3 Å². The highest BCUT2D eigenvalue weighted by atomic mass is 16.9. The number of rotatable bonds is 43. The van der Waals surface area contributed by atoms with E-state index in [2.05, 4.69) is 171 Å². The van der Waals surface area contributed by atoms with Crippen molar-refractivity contribution in [3.8, 4) is 0 Å². The van der Waals surface area contributed by atoms with E-state index in [9.17, 15) is 14.4 Å². The second kappa shape index (κ2) is 35.0. The van der Waals surface area contributed by atoms with Crippen LogP contribution in [0.5, 0.6) is 0 Å². The minimum atomic E-state index is -1.07. The fourth-order valence-corrected chi connectivity index (χ4v) is 12.9. The number of unbranched alkanes of at least 4 members (excludes halogenated alkanes) is 15. The molecule has 9 aromatic rings. The summed E-state index contributed by atoms with van der Waals surface area (Å²) in [6.07, 6.45) is 23.7. The second-order valence-corrected chi connectivity index (χ2v) is 24.0. The Hall–Kier alpha value is -7.17. The van der Waals surface area contributed by atoms with Gasteiger partial charge in [0.2, 0.25) is 0 Å². The summed E-state index contributed by atoms with van der Waals surface area (Å²) in [5, 5.41) is 14.6. The van der Waals surface area contributed by atoms with Crippen molar-refractivity contribution in [2.75, 3.05) is 19.8 Å². The van der Waals surface area contributed by atoms with Crippen LogP contribution in [-0.4, -0.2) is 63.5 Å². The Bertz CT molecular complexity index is 3190. The van der Waals surface area contributed by atoms with Crippen LogP contribution in [0.15, 0.2) is 164 Å². The van der Waals surface area contributed by atoms with Gasteiger partial charge in [0.15, 0.2) is 0 Å². The van der Waals surface area contributed by atoms with Gasteiger partial charge in [-0.1, -0.05) is 211 Å². The SMILES string of the molecule is CCC(OCCCCCCCCC(Cc1cccc2cc3ccccc3cc12)OC=O)(OCCCCCCCCC(Cc1cccc2cc3ccccc3cc12)OC=O)OCCCCCCCCC(Cc1cccc2cc3ccccc3cc12)OC=O. The summed E-state index contributed by atoms with van der Waals surface area (Å²) in [5.41, 5.74) is 3.64. The Labute approximate surface area is 516 Å². The van der Waals surface area contributed by atoms with E-state index in [-0.39, 0.29) is 18.3 Å². The van der Waals surface area contributed by atoms with Crippen molar-refractivity contribution in [1.82, 2.24) is 0 Å². The molecule has 87 heavy (non-hydrogen) atoms. The van der Waals surface area contributed by atoms with Gasteiger partial charge < -0.3 is 28.4 Å². The molecule has 0 heterocycles. The Morgan fingerprint density at radius 1 is 0.310 bits per heavy atom. The van der Waals surface area contributed by atoms with E-state index >= 15 is 0 Å². The molecule has 9 rings (SSSR count). The number of ether oxygens (including phenoxy) is 6. The molecule has 0 aliphatic carbocycles. The summed E-state index contributed by atoms with van der Waals surface area (Å²) in [5.74, 6) is -1.07. The van der Waals surface area contributed by atoms with Crippen LogP contribution in [0.25, 0.3) is 64.6 Å². The Morgan fingerprint density at radius 2 is 0.563 bits per heavy atom. The zero-order valence-electron chi connectivity index (χ0n) is 51.5. The summed E-state index contributed by atoms with van der Waals surface area (Å²) >= 11 is 0. The van der Waals surface area contributed by atoms with Gasteiger partial charge in [-0.2, -0.15) is 0 Å². The number of carbonyl (C=O) groups is 3. The van der Waals surface area contributed by atoms with Gasteiger partial charge in [-0.15, -0.1) is 0 Å². The first-order chi connectivity index (χ1) is 42.9. The topological polar surface area (TPSA) is 107 Å². The van der Waals surface area contributed by atoms with Crippen molar-refractivity contribution in [2.24, 2.45) is 0 Å². The Morgan fingerprint density at radius 3 is 0.839 bits per heavy atom. The highest BCUT2D eigenvalue weighted by molar-refractivity contribution is 6.01. The van der Waals surface area contributed by atoms with E-state index in [4.69, 9.17) is 28.4 Å². The molecule has 0 aromatic heterocycles. The minimum Gasteiger partial charge on any atom is -0.464 e. The molecule has 0 aliphatic rings. The third-order valence-electron chi connectivity index (χ3n) is 17.8.